The smallest absolute Gasteiger partial charge is 0.261 e. The van der Waals surface area contributed by atoms with Crippen molar-refractivity contribution in [2.75, 3.05) is 13.1 Å². The second-order valence-corrected chi connectivity index (χ2v) is 6.60. The minimum Gasteiger partial charge on any atom is -0.338 e. The quantitative estimate of drug-likeness (QED) is 0.807. The Labute approximate surface area is 145 Å². The van der Waals surface area contributed by atoms with E-state index in [1.165, 1.54) is 4.90 Å². The average Bonchev–Trinajstić information content (AvgIpc) is 3.09. The molecule has 0 N–H and O–H groups in total. The first-order valence-electron chi connectivity index (χ1n) is 8.40. The molecule has 4 rings (SSSR count). The minimum absolute atomic E-state index is 0.0153. The van der Waals surface area contributed by atoms with Crippen LogP contribution in [0, 0.1) is 5.92 Å². The number of fused-ring (bicyclic) bond motifs is 1. The number of benzene rings is 2. The summed E-state index contributed by atoms with van der Waals surface area (Å²) in [6.45, 7) is 1.43. The van der Waals surface area contributed by atoms with Crippen molar-refractivity contribution in [3.8, 4) is 0 Å². The fourth-order valence-corrected chi connectivity index (χ4v) is 3.60. The molecule has 0 saturated carbocycles. The molecule has 2 aliphatic rings. The second kappa shape index (κ2) is 6.16. The second-order valence-electron chi connectivity index (χ2n) is 6.60. The molecular weight excluding hydrogens is 316 g/mol. The number of hydrogen-bond donors (Lipinski definition) is 0. The van der Waals surface area contributed by atoms with Gasteiger partial charge in [-0.2, -0.15) is 0 Å². The lowest BCUT2D eigenvalue weighted by Crippen LogP contribution is -2.35. The van der Waals surface area contributed by atoms with Crippen LogP contribution in [0.2, 0.25) is 0 Å². The third-order valence-corrected chi connectivity index (χ3v) is 4.83. The van der Waals surface area contributed by atoms with E-state index in [-0.39, 0.29) is 23.6 Å². The van der Waals surface area contributed by atoms with Crippen molar-refractivity contribution in [3.05, 3.63) is 71.3 Å². The van der Waals surface area contributed by atoms with Gasteiger partial charge < -0.3 is 4.90 Å². The highest BCUT2D eigenvalue weighted by atomic mass is 16.2. The Morgan fingerprint density at radius 3 is 2.08 bits per heavy atom. The summed E-state index contributed by atoms with van der Waals surface area (Å²) in [5, 5.41) is 0. The topological polar surface area (TPSA) is 57.7 Å². The maximum absolute atomic E-state index is 12.5. The van der Waals surface area contributed by atoms with Gasteiger partial charge in [0.1, 0.15) is 0 Å². The van der Waals surface area contributed by atoms with Crippen molar-refractivity contribution >= 4 is 17.7 Å². The number of nitrogens with zero attached hydrogens (tertiary/aromatic N) is 2. The molecule has 0 radical (unpaired) electrons. The van der Waals surface area contributed by atoms with E-state index in [1.54, 1.807) is 29.2 Å². The molecule has 0 aromatic heterocycles. The lowest BCUT2D eigenvalue weighted by Gasteiger charge is -2.20. The third-order valence-electron chi connectivity index (χ3n) is 4.83. The van der Waals surface area contributed by atoms with Gasteiger partial charge in [0.15, 0.2) is 0 Å². The van der Waals surface area contributed by atoms with E-state index >= 15 is 0 Å². The molecule has 1 fully saturated rings. The van der Waals surface area contributed by atoms with Crippen LogP contribution in [0.1, 0.15) is 32.7 Å². The van der Waals surface area contributed by atoms with E-state index in [9.17, 15) is 14.4 Å². The Hall–Kier alpha value is -2.95. The maximum atomic E-state index is 12.5. The molecule has 5 heteroatoms. The van der Waals surface area contributed by atoms with Crippen LogP contribution in [0.15, 0.2) is 54.6 Å². The predicted octanol–water partition coefficient (Wildman–Crippen LogP) is 2.33. The maximum Gasteiger partial charge on any atom is 0.261 e. The molecule has 1 saturated heterocycles. The lowest BCUT2D eigenvalue weighted by molar-refractivity contribution is -0.128. The first-order valence-corrected chi connectivity index (χ1v) is 8.40. The van der Waals surface area contributed by atoms with Crippen LogP contribution in [0.4, 0.5) is 0 Å². The molecule has 126 valence electrons. The highest BCUT2D eigenvalue weighted by molar-refractivity contribution is 6.21. The molecule has 0 bridgehead atoms. The molecule has 2 heterocycles. The van der Waals surface area contributed by atoms with Crippen LogP contribution in [-0.2, 0) is 11.3 Å². The summed E-state index contributed by atoms with van der Waals surface area (Å²) in [5.74, 6) is -0.451. The fourth-order valence-electron chi connectivity index (χ4n) is 3.60. The van der Waals surface area contributed by atoms with E-state index in [0.717, 1.165) is 5.56 Å². The molecule has 2 aromatic carbocycles. The number of carbonyl (C=O) groups is 3. The molecule has 0 spiro atoms. The third kappa shape index (κ3) is 2.82. The number of rotatable bonds is 4. The monoisotopic (exact) mass is 334 g/mol. The number of imide groups is 1. The largest absolute Gasteiger partial charge is 0.338 e. The molecule has 5 nitrogen and oxygen atoms in total. The van der Waals surface area contributed by atoms with Gasteiger partial charge in [-0.05, 0) is 17.7 Å². The van der Waals surface area contributed by atoms with Gasteiger partial charge >= 0.3 is 0 Å². The van der Waals surface area contributed by atoms with E-state index < -0.39 is 0 Å². The molecule has 1 atom stereocenters. The van der Waals surface area contributed by atoms with E-state index in [2.05, 4.69) is 0 Å². The molecule has 25 heavy (non-hydrogen) atoms. The Morgan fingerprint density at radius 1 is 0.840 bits per heavy atom. The van der Waals surface area contributed by atoms with Crippen LogP contribution in [0.25, 0.3) is 0 Å². The minimum atomic E-state index is -0.255. The Kier molecular flexibility index (Phi) is 3.84. The van der Waals surface area contributed by atoms with Gasteiger partial charge in [-0.1, -0.05) is 42.5 Å². The zero-order chi connectivity index (χ0) is 17.4. The fraction of sp³-hybridized carbons (Fsp3) is 0.250. The van der Waals surface area contributed by atoms with Crippen LogP contribution < -0.4 is 0 Å². The van der Waals surface area contributed by atoms with Crippen molar-refractivity contribution in [3.63, 3.8) is 0 Å². The summed E-state index contributed by atoms with van der Waals surface area (Å²) < 4.78 is 0. The van der Waals surface area contributed by atoms with Crippen molar-refractivity contribution < 1.29 is 14.4 Å². The molecule has 1 unspecified atom stereocenters. The lowest BCUT2D eigenvalue weighted by atomic mass is 10.1. The molecular formula is C20H18N2O3. The van der Waals surface area contributed by atoms with E-state index in [1.807, 2.05) is 30.3 Å². The molecule has 2 aromatic rings. The Morgan fingerprint density at radius 2 is 1.44 bits per heavy atom. The van der Waals surface area contributed by atoms with Gasteiger partial charge in [0.2, 0.25) is 5.91 Å². The van der Waals surface area contributed by atoms with Crippen LogP contribution in [-0.4, -0.2) is 40.6 Å². The summed E-state index contributed by atoms with van der Waals surface area (Å²) in [7, 11) is 0. The normalized spacial score (nSPS) is 19.7. The van der Waals surface area contributed by atoms with Crippen LogP contribution >= 0.6 is 0 Å². The van der Waals surface area contributed by atoms with Gasteiger partial charge in [0.05, 0.1) is 11.1 Å². The Bertz CT molecular complexity index is 812. The van der Waals surface area contributed by atoms with Gasteiger partial charge in [-0.25, -0.2) is 0 Å². The van der Waals surface area contributed by atoms with Crippen LogP contribution in [0.5, 0.6) is 0 Å². The SMILES string of the molecule is O=C1CC(CN2C(=O)c3ccccc3C2=O)CN1Cc1ccccc1. The Balaban J connectivity index is 1.44. The van der Waals surface area contributed by atoms with Gasteiger partial charge in [-0.3, -0.25) is 19.3 Å². The highest BCUT2D eigenvalue weighted by Crippen LogP contribution is 2.27. The van der Waals surface area contributed by atoms with Crippen molar-refractivity contribution in [2.24, 2.45) is 5.92 Å². The number of carbonyl (C=O) groups excluding carboxylic acids is 3. The number of hydrogen-bond acceptors (Lipinski definition) is 3. The zero-order valence-corrected chi connectivity index (χ0v) is 13.7. The summed E-state index contributed by atoms with van der Waals surface area (Å²) in [6.07, 6.45) is 0.375. The van der Waals surface area contributed by atoms with E-state index in [4.69, 9.17) is 0 Å². The van der Waals surface area contributed by atoms with Gasteiger partial charge in [-0.15, -0.1) is 0 Å². The number of likely N-dealkylation sites (tertiary alicyclic amines) is 1. The zero-order valence-electron chi connectivity index (χ0n) is 13.7. The highest BCUT2D eigenvalue weighted by Gasteiger charge is 2.39. The van der Waals surface area contributed by atoms with Crippen molar-refractivity contribution in [1.29, 1.82) is 0 Å². The van der Waals surface area contributed by atoms with Crippen LogP contribution in [0.3, 0.4) is 0 Å². The van der Waals surface area contributed by atoms with Crippen molar-refractivity contribution in [2.45, 2.75) is 13.0 Å². The van der Waals surface area contributed by atoms with Gasteiger partial charge in [0.25, 0.3) is 11.8 Å². The molecule has 2 aliphatic heterocycles. The van der Waals surface area contributed by atoms with Crippen molar-refractivity contribution in [1.82, 2.24) is 9.80 Å². The predicted molar refractivity (Wildman–Crippen MR) is 91.8 cm³/mol. The summed E-state index contributed by atoms with van der Waals surface area (Å²) >= 11 is 0. The summed E-state index contributed by atoms with van der Waals surface area (Å²) in [4.78, 5) is 40.3. The average molecular weight is 334 g/mol. The summed E-state index contributed by atoms with van der Waals surface area (Å²) in [6, 6.07) is 16.7. The van der Waals surface area contributed by atoms with Gasteiger partial charge in [0, 0.05) is 32.0 Å². The standard InChI is InChI=1S/C20H18N2O3/c23-18-10-15(12-21(18)11-14-6-2-1-3-7-14)13-22-19(24)16-8-4-5-9-17(16)20(22)25/h1-9,15H,10-13H2. The molecule has 0 aliphatic carbocycles. The summed E-state index contributed by atoms with van der Waals surface area (Å²) in [5.41, 5.74) is 1.99. The molecule has 3 amide bonds. The number of amides is 3. The first kappa shape index (κ1) is 15.6. The first-order chi connectivity index (χ1) is 12.1. The van der Waals surface area contributed by atoms with E-state index in [0.29, 0.717) is 37.2 Å².